The first-order valence-electron chi connectivity index (χ1n) is 7.93. The normalized spacial score (nSPS) is 20.2. The van der Waals surface area contributed by atoms with Crippen LogP contribution >= 0.6 is 0 Å². The molecule has 0 amide bonds. The van der Waals surface area contributed by atoms with E-state index in [1.165, 1.54) is 31.5 Å². The minimum absolute atomic E-state index is 0.204. The van der Waals surface area contributed by atoms with Crippen molar-refractivity contribution in [3.63, 3.8) is 0 Å². The van der Waals surface area contributed by atoms with Crippen LogP contribution in [0.2, 0.25) is 0 Å². The van der Waals surface area contributed by atoms with Gasteiger partial charge in [0.1, 0.15) is 0 Å². The molecule has 1 aromatic rings. The van der Waals surface area contributed by atoms with E-state index in [1.54, 1.807) is 0 Å². The molecule has 1 fully saturated rings. The first-order chi connectivity index (χ1) is 9.96. The van der Waals surface area contributed by atoms with Crippen LogP contribution < -0.4 is 5.32 Å². The number of nitrogens with one attached hydrogen (secondary N) is 1. The fourth-order valence-corrected chi connectivity index (χ4v) is 2.85. The summed E-state index contributed by atoms with van der Waals surface area (Å²) in [5.41, 5.74) is 2.25. The van der Waals surface area contributed by atoms with Gasteiger partial charge < -0.3 is 5.32 Å². The van der Waals surface area contributed by atoms with Crippen molar-refractivity contribution in [2.24, 2.45) is 5.92 Å². The molecule has 1 heterocycles. The molecule has 0 spiro atoms. The van der Waals surface area contributed by atoms with E-state index >= 15 is 0 Å². The lowest BCUT2D eigenvalue weighted by Gasteiger charge is -2.34. The molecule has 3 nitrogen and oxygen atoms in total. The minimum atomic E-state index is 0.204. The monoisotopic (exact) mass is 285 g/mol. The smallest absolute Gasteiger partial charge is 0.0991 e. The van der Waals surface area contributed by atoms with Crippen LogP contribution in [-0.2, 0) is 6.54 Å². The third-order valence-electron chi connectivity index (χ3n) is 4.01. The van der Waals surface area contributed by atoms with E-state index in [0.717, 1.165) is 24.6 Å². The van der Waals surface area contributed by atoms with E-state index in [1.807, 2.05) is 12.1 Å². The Morgan fingerprint density at radius 3 is 2.62 bits per heavy atom. The average molecular weight is 285 g/mol. The Bertz CT molecular complexity index is 479. The zero-order valence-electron chi connectivity index (χ0n) is 13.5. The third-order valence-corrected chi connectivity index (χ3v) is 4.01. The molecule has 1 unspecified atom stereocenters. The predicted molar refractivity (Wildman–Crippen MR) is 86.9 cm³/mol. The Morgan fingerprint density at radius 2 is 2.00 bits per heavy atom. The van der Waals surface area contributed by atoms with Crippen molar-refractivity contribution < 1.29 is 0 Å². The average Bonchev–Trinajstić information content (AvgIpc) is 2.46. The van der Waals surface area contributed by atoms with Crippen molar-refractivity contribution in [3.05, 3.63) is 35.4 Å². The molecular weight excluding hydrogens is 258 g/mol. The number of piperidine rings is 1. The molecule has 0 aromatic heterocycles. The van der Waals surface area contributed by atoms with E-state index in [2.05, 4.69) is 49.2 Å². The van der Waals surface area contributed by atoms with E-state index in [0.29, 0.717) is 0 Å². The summed E-state index contributed by atoms with van der Waals surface area (Å²) in [7, 11) is 0. The second-order valence-corrected chi connectivity index (χ2v) is 7.18. The van der Waals surface area contributed by atoms with Gasteiger partial charge in [-0.1, -0.05) is 12.1 Å². The Hall–Kier alpha value is -1.37. The maximum Gasteiger partial charge on any atom is 0.0991 e. The highest BCUT2D eigenvalue weighted by Gasteiger charge is 2.21. The van der Waals surface area contributed by atoms with Crippen molar-refractivity contribution in [1.82, 2.24) is 10.2 Å². The molecule has 21 heavy (non-hydrogen) atoms. The van der Waals surface area contributed by atoms with Gasteiger partial charge in [0.25, 0.3) is 0 Å². The fourth-order valence-electron chi connectivity index (χ4n) is 2.85. The van der Waals surface area contributed by atoms with Crippen molar-refractivity contribution in [1.29, 1.82) is 5.26 Å². The first kappa shape index (κ1) is 16.0. The summed E-state index contributed by atoms with van der Waals surface area (Å²) < 4.78 is 0. The summed E-state index contributed by atoms with van der Waals surface area (Å²) >= 11 is 0. The lowest BCUT2D eigenvalue weighted by Crippen LogP contribution is -2.44. The maximum absolute atomic E-state index is 8.84. The number of hydrogen-bond donors (Lipinski definition) is 1. The molecule has 1 aliphatic heterocycles. The molecule has 0 radical (unpaired) electrons. The highest BCUT2D eigenvalue weighted by molar-refractivity contribution is 5.31. The van der Waals surface area contributed by atoms with Gasteiger partial charge in [-0.15, -0.1) is 0 Å². The molecule has 1 aromatic carbocycles. The molecule has 0 aliphatic carbocycles. The van der Waals surface area contributed by atoms with Crippen molar-refractivity contribution in [3.8, 4) is 6.07 Å². The highest BCUT2D eigenvalue weighted by atomic mass is 15.1. The van der Waals surface area contributed by atoms with Crippen LogP contribution in [0.3, 0.4) is 0 Å². The third kappa shape index (κ3) is 5.49. The zero-order chi connectivity index (χ0) is 15.3. The SMILES string of the molecule is CC(C)(C)NCC1CCCN(Cc2ccc(C#N)cc2)C1. The van der Waals surface area contributed by atoms with Gasteiger partial charge >= 0.3 is 0 Å². The Labute approximate surface area is 129 Å². The largest absolute Gasteiger partial charge is 0.312 e. The van der Waals surface area contributed by atoms with Crippen LogP contribution in [0.4, 0.5) is 0 Å². The summed E-state index contributed by atoms with van der Waals surface area (Å²) in [5, 5.41) is 12.5. The molecule has 0 bridgehead atoms. The van der Waals surface area contributed by atoms with Gasteiger partial charge in [0.05, 0.1) is 11.6 Å². The van der Waals surface area contributed by atoms with Crippen molar-refractivity contribution in [2.45, 2.75) is 45.7 Å². The number of benzene rings is 1. The molecule has 1 atom stereocenters. The molecular formula is C18H27N3. The van der Waals surface area contributed by atoms with E-state index in [9.17, 15) is 0 Å². The van der Waals surface area contributed by atoms with Gasteiger partial charge in [-0.05, 0) is 70.3 Å². The van der Waals surface area contributed by atoms with Crippen LogP contribution in [-0.4, -0.2) is 30.1 Å². The van der Waals surface area contributed by atoms with E-state index < -0.39 is 0 Å². The maximum atomic E-state index is 8.84. The topological polar surface area (TPSA) is 39.1 Å². The predicted octanol–water partition coefficient (Wildman–Crippen LogP) is 3.16. The Morgan fingerprint density at radius 1 is 1.29 bits per heavy atom. The number of nitrogens with zero attached hydrogens (tertiary/aromatic N) is 2. The van der Waals surface area contributed by atoms with Gasteiger partial charge in [0.2, 0.25) is 0 Å². The molecule has 0 saturated carbocycles. The molecule has 1 saturated heterocycles. The summed E-state index contributed by atoms with van der Waals surface area (Å²) in [4.78, 5) is 2.54. The molecule has 3 heteroatoms. The molecule has 2 rings (SSSR count). The Kier molecular flexibility index (Phi) is 5.39. The number of nitriles is 1. The van der Waals surface area contributed by atoms with Crippen molar-refractivity contribution in [2.75, 3.05) is 19.6 Å². The number of hydrogen-bond acceptors (Lipinski definition) is 3. The van der Waals surface area contributed by atoms with Gasteiger partial charge in [0, 0.05) is 18.6 Å². The van der Waals surface area contributed by atoms with Gasteiger partial charge in [0.15, 0.2) is 0 Å². The summed E-state index contributed by atoms with van der Waals surface area (Å²) in [5.74, 6) is 0.747. The second-order valence-electron chi connectivity index (χ2n) is 7.18. The molecule has 1 aliphatic rings. The van der Waals surface area contributed by atoms with Gasteiger partial charge in [-0.3, -0.25) is 4.90 Å². The zero-order valence-corrected chi connectivity index (χ0v) is 13.5. The van der Waals surface area contributed by atoms with Crippen LogP contribution in [0.5, 0.6) is 0 Å². The highest BCUT2D eigenvalue weighted by Crippen LogP contribution is 2.19. The number of rotatable bonds is 4. The van der Waals surface area contributed by atoms with Crippen LogP contribution in [0.15, 0.2) is 24.3 Å². The molecule has 114 valence electrons. The number of likely N-dealkylation sites (tertiary alicyclic amines) is 1. The standard InChI is InChI=1S/C18H27N3/c1-18(2,3)20-12-17-5-4-10-21(14-17)13-16-8-6-15(11-19)7-9-16/h6-9,17,20H,4-5,10,12-14H2,1-3H3. The van der Waals surface area contributed by atoms with Crippen molar-refractivity contribution >= 4 is 0 Å². The van der Waals surface area contributed by atoms with Crippen LogP contribution in [0.25, 0.3) is 0 Å². The summed E-state index contributed by atoms with van der Waals surface area (Å²) in [6.07, 6.45) is 2.61. The van der Waals surface area contributed by atoms with E-state index in [4.69, 9.17) is 5.26 Å². The Balaban J connectivity index is 1.84. The first-order valence-corrected chi connectivity index (χ1v) is 7.93. The lowest BCUT2D eigenvalue weighted by molar-refractivity contribution is 0.160. The fraction of sp³-hybridized carbons (Fsp3) is 0.611. The molecule has 1 N–H and O–H groups in total. The van der Waals surface area contributed by atoms with Gasteiger partial charge in [-0.2, -0.15) is 5.26 Å². The van der Waals surface area contributed by atoms with Crippen LogP contribution in [0.1, 0.15) is 44.7 Å². The van der Waals surface area contributed by atoms with E-state index in [-0.39, 0.29) is 5.54 Å². The quantitative estimate of drug-likeness (QED) is 0.923. The summed E-state index contributed by atoms with van der Waals surface area (Å²) in [6.45, 7) is 11.1. The van der Waals surface area contributed by atoms with Gasteiger partial charge in [-0.25, -0.2) is 0 Å². The second kappa shape index (κ2) is 7.06. The summed E-state index contributed by atoms with van der Waals surface area (Å²) in [6, 6.07) is 10.2. The minimum Gasteiger partial charge on any atom is -0.312 e. The van der Waals surface area contributed by atoms with Crippen LogP contribution in [0, 0.1) is 17.2 Å². The lowest BCUT2D eigenvalue weighted by atomic mass is 9.96.